The van der Waals surface area contributed by atoms with Gasteiger partial charge in [-0.15, -0.1) is 0 Å². The summed E-state index contributed by atoms with van der Waals surface area (Å²) in [6, 6.07) is 8.17. The molecule has 0 amide bonds. The number of benzene rings is 1. The van der Waals surface area contributed by atoms with Crippen LogP contribution in [0.3, 0.4) is 0 Å². The van der Waals surface area contributed by atoms with Crippen LogP contribution in [0, 0.1) is 0 Å². The number of nitrogens with zero attached hydrogens (tertiary/aromatic N) is 2. The van der Waals surface area contributed by atoms with Crippen molar-refractivity contribution in [3.8, 4) is 0 Å². The van der Waals surface area contributed by atoms with E-state index >= 15 is 0 Å². The Balaban J connectivity index is 1.77. The first-order valence-corrected chi connectivity index (χ1v) is 7.46. The summed E-state index contributed by atoms with van der Waals surface area (Å²) in [6.45, 7) is 9.29. The lowest BCUT2D eigenvalue weighted by atomic mass is 10.1. The minimum atomic E-state index is 0.543. The van der Waals surface area contributed by atoms with Crippen LogP contribution in [0.15, 0.2) is 28.7 Å². The Hall–Kier alpha value is -1.36. The summed E-state index contributed by atoms with van der Waals surface area (Å²) in [6.07, 6.45) is 0. The molecule has 108 valence electrons. The van der Waals surface area contributed by atoms with E-state index in [1.54, 1.807) is 0 Å². The van der Waals surface area contributed by atoms with Crippen LogP contribution in [0.5, 0.6) is 0 Å². The molecule has 0 bridgehead atoms. The molecular formula is C16H23N3O. The summed E-state index contributed by atoms with van der Waals surface area (Å²) in [4.78, 5) is 4.95. The number of nitrogens with two attached hydrogens (primary N) is 1. The normalized spacial score (nSPS) is 17.9. The van der Waals surface area contributed by atoms with Gasteiger partial charge >= 0.3 is 0 Å². The number of piperazine rings is 1. The quantitative estimate of drug-likeness (QED) is 0.926. The molecule has 4 nitrogen and oxygen atoms in total. The lowest BCUT2D eigenvalue weighted by Crippen LogP contribution is -2.45. The first-order chi connectivity index (χ1) is 9.81. The summed E-state index contributed by atoms with van der Waals surface area (Å²) in [5, 5.41) is 1.16. The second-order valence-corrected chi connectivity index (χ2v) is 5.41. The van der Waals surface area contributed by atoms with Crippen molar-refractivity contribution in [2.75, 3.05) is 32.7 Å². The van der Waals surface area contributed by atoms with Gasteiger partial charge in [-0.25, -0.2) is 0 Å². The first-order valence-electron chi connectivity index (χ1n) is 7.46. The molecule has 20 heavy (non-hydrogen) atoms. The molecule has 4 heteroatoms. The maximum Gasteiger partial charge on any atom is 0.134 e. The van der Waals surface area contributed by atoms with E-state index < -0.39 is 0 Å². The molecule has 1 aliphatic rings. The Bertz CT molecular complexity index is 570. The summed E-state index contributed by atoms with van der Waals surface area (Å²) in [7, 11) is 0. The average molecular weight is 273 g/mol. The van der Waals surface area contributed by atoms with E-state index in [-0.39, 0.29) is 0 Å². The Morgan fingerprint density at radius 3 is 2.50 bits per heavy atom. The van der Waals surface area contributed by atoms with Gasteiger partial charge in [0.2, 0.25) is 0 Å². The van der Waals surface area contributed by atoms with Crippen LogP contribution in [-0.2, 0) is 13.1 Å². The first kappa shape index (κ1) is 13.6. The zero-order valence-electron chi connectivity index (χ0n) is 12.1. The van der Waals surface area contributed by atoms with Crippen LogP contribution in [0.1, 0.15) is 18.2 Å². The summed E-state index contributed by atoms with van der Waals surface area (Å²) < 4.78 is 6.01. The van der Waals surface area contributed by atoms with Gasteiger partial charge in [0, 0.05) is 43.7 Å². The Morgan fingerprint density at radius 1 is 1.10 bits per heavy atom. The summed E-state index contributed by atoms with van der Waals surface area (Å²) >= 11 is 0. The Morgan fingerprint density at radius 2 is 1.80 bits per heavy atom. The van der Waals surface area contributed by atoms with E-state index in [1.165, 1.54) is 5.56 Å². The van der Waals surface area contributed by atoms with Gasteiger partial charge in [0.25, 0.3) is 0 Å². The fraction of sp³-hybridized carbons (Fsp3) is 0.500. The van der Waals surface area contributed by atoms with Gasteiger partial charge in [-0.2, -0.15) is 0 Å². The molecule has 1 aromatic heterocycles. The minimum absolute atomic E-state index is 0.543. The molecule has 2 N–H and O–H groups in total. The van der Waals surface area contributed by atoms with Gasteiger partial charge in [0.1, 0.15) is 11.3 Å². The second kappa shape index (κ2) is 5.95. The van der Waals surface area contributed by atoms with Crippen molar-refractivity contribution >= 4 is 11.0 Å². The molecule has 1 aromatic carbocycles. The predicted molar refractivity (Wildman–Crippen MR) is 81.5 cm³/mol. The molecule has 0 saturated carbocycles. The van der Waals surface area contributed by atoms with E-state index in [0.717, 1.165) is 56.0 Å². The lowest BCUT2D eigenvalue weighted by molar-refractivity contribution is 0.125. The highest BCUT2D eigenvalue weighted by atomic mass is 16.3. The Labute approximate surface area is 120 Å². The fourth-order valence-electron chi connectivity index (χ4n) is 2.97. The van der Waals surface area contributed by atoms with Crippen molar-refractivity contribution in [2.45, 2.75) is 20.0 Å². The SMILES string of the molecule is CCN1CCN(Cc2oc3ccccc3c2CN)CC1. The molecular weight excluding hydrogens is 250 g/mol. The third-order valence-corrected chi connectivity index (χ3v) is 4.27. The van der Waals surface area contributed by atoms with E-state index in [2.05, 4.69) is 22.8 Å². The molecule has 0 aliphatic carbocycles. The largest absolute Gasteiger partial charge is 0.459 e. The third kappa shape index (κ3) is 2.59. The van der Waals surface area contributed by atoms with Crippen LogP contribution in [0.4, 0.5) is 0 Å². The molecule has 2 aromatic rings. The van der Waals surface area contributed by atoms with Crippen molar-refractivity contribution in [3.63, 3.8) is 0 Å². The number of fused-ring (bicyclic) bond motifs is 1. The highest BCUT2D eigenvalue weighted by Gasteiger charge is 2.19. The number of hydrogen-bond acceptors (Lipinski definition) is 4. The Kier molecular flexibility index (Phi) is 4.05. The zero-order chi connectivity index (χ0) is 13.9. The molecule has 1 fully saturated rings. The number of likely N-dealkylation sites (N-methyl/N-ethyl adjacent to an activating group) is 1. The molecule has 3 rings (SSSR count). The number of furan rings is 1. The number of para-hydroxylation sites is 1. The van der Waals surface area contributed by atoms with Crippen LogP contribution < -0.4 is 5.73 Å². The number of rotatable bonds is 4. The van der Waals surface area contributed by atoms with E-state index in [9.17, 15) is 0 Å². The van der Waals surface area contributed by atoms with Gasteiger partial charge in [-0.05, 0) is 12.6 Å². The van der Waals surface area contributed by atoms with Crippen molar-refractivity contribution in [1.29, 1.82) is 0 Å². The smallest absolute Gasteiger partial charge is 0.134 e. The van der Waals surface area contributed by atoms with Crippen molar-refractivity contribution < 1.29 is 4.42 Å². The average Bonchev–Trinajstić information content (AvgIpc) is 2.85. The highest BCUT2D eigenvalue weighted by molar-refractivity contribution is 5.82. The van der Waals surface area contributed by atoms with E-state index in [0.29, 0.717) is 6.54 Å². The highest BCUT2D eigenvalue weighted by Crippen LogP contribution is 2.26. The van der Waals surface area contributed by atoms with Gasteiger partial charge in [0.15, 0.2) is 0 Å². The molecule has 0 radical (unpaired) electrons. The molecule has 0 atom stereocenters. The van der Waals surface area contributed by atoms with Crippen LogP contribution in [0.25, 0.3) is 11.0 Å². The molecule has 0 spiro atoms. The van der Waals surface area contributed by atoms with E-state index in [4.69, 9.17) is 10.2 Å². The van der Waals surface area contributed by atoms with Gasteiger partial charge in [-0.1, -0.05) is 25.1 Å². The molecule has 1 saturated heterocycles. The third-order valence-electron chi connectivity index (χ3n) is 4.27. The summed E-state index contributed by atoms with van der Waals surface area (Å²) in [5.41, 5.74) is 8.04. The minimum Gasteiger partial charge on any atom is -0.459 e. The molecule has 0 unspecified atom stereocenters. The van der Waals surface area contributed by atoms with Crippen molar-refractivity contribution in [1.82, 2.24) is 9.80 Å². The molecule has 1 aliphatic heterocycles. The maximum atomic E-state index is 6.01. The monoisotopic (exact) mass is 273 g/mol. The van der Waals surface area contributed by atoms with Crippen molar-refractivity contribution in [2.24, 2.45) is 5.73 Å². The summed E-state index contributed by atoms with van der Waals surface area (Å²) in [5.74, 6) is 1.04. The van der Waals surface area contributed by atoms with Gasteiger partial charge in [-0.3, -0.25) is 4.90 Å². The van der Waals surface area contributed by atoms with Crippen LogP contribution in [0.2, 0.25) is 0 Å². The topological polar surface area (TPSA) is 45.6 Å². The standard InChI is InChI=1S/C16H23N3O/c1-2-18-7-9-19(10-8-18)12-16-14(11-17)13-5-3-4-6-15(13)20-16/h3-6H,2,7-12,17H2,1H3. The second-order valence-electron chi connectivity index (χ2n) is 5.41. The predicted octanol–water partition coefficient (Wildman–Crippen LogP) is 2.03. The van der Waals surface area contributed by atoms with E-state index in [1.807, 2.05) is 18.2 Å². The van der Waals surface area contributed by atoms with Crippen LogP contribution >= 0.6 is 0 Å². The zero-order valence-corrected chi connectivity index (χ0v) is 12.1. The molecule has 2 heterocycles. The van der Waals surface area contributed by atoms with Gasteiger partial charge < -0.3 is 15.1 Å². The maximum absolute atomic E-state index is 6.01. The lowest BCUT2D eigenvalue weighted by Gasteiger charge is -2.33. The van der Waals surface area contributed by atoms with Crippen LogP contribution in [-0.4, -0.2) is 42.5 Å². The number of hydrogen-bond donors (Lipinski definition) is 1. The van der Waals surface area contributed by atoms with Crippen molar-refractivity contribution in [3.05, 3.63) is 35.6 Å². The fourth-order valence-corrected chi connectivity index (χ4v) is 2.97. The van der Waals surface area contributed by atoms with Gasteiger partial charge in [0.05, 0.1) is 6.54 Å².